The smallest absolute Gasteiger partial charge is 0.245 e. The van der Waals surface area contributed by atoms with Gasteiger partial charge in [0.05, 0.1) is 19.1 Å². The normalized spacial score (nSPS) is 26.4. The number of para-hydroxylation sites is 1. The van der Waals surface area contributed by atoms with Crippen LogP contribution < -0.4 is 15.8 Å². The number of nitrogens with one attached hydrogen (secondary N) is 1. The number of fused-ring (bicyclic) bond motifs is 5. The van der Waals surface area contributed by atoms with E-state index in [1.165, 1.54) is 0 Å². The van der Waals surface area contributed by atoms with Gasteiger partial charge >= 0.3 is 0 Å². The minimum Gasteiger partial charge on any atom is -0.497 e. The largest absolute Gasteiger partial charge is 0.497 e. The van der Waals surface area contributed by atoms with E-state index in [1.54, 1.807) is 16.9 Å². The second-order valence-electron chi connectivity index (χ2n) is 8.57. The molecule has 7 heteroatoms. The Balaban J connectivity index is 1.56. The van der Waals surface area contributed by atoms with Crippen LogP contribution in [0.25, 0.3) is 0 Å². The molecule has 0 saturated carbocycles. The maximum absolute atomic E-state index is 13.4. The van der Waals surface area contributed by atoms with Crippen molar-refractivity contribution in [3.63, 3.8) is 0 Å². The summed E-state index contributed by atoms with van der Waals surface area (Å²) >= 11 is 0. The Bertz CT molecular complexity index is 1010. The van der Waals surface area contributed by atoms with Crippen molar-refractivity contribution in [2.24, 2.45) is 5.73 Å². The van der Waals surface area contributed by atoms with Crippen molar-refractivity contribution >= 4 is 17.5 Å². The predicted octanol–water partition coefficient (Wildman–Crippen LogP) is 1.91. The Labute approximate surface area is 182 Å². The predicted molar refractivity (Wildman–Crippen MR) is 118 cm³/mol. The number of ether oxygens (including phenoxy) is 1. The van der Waals surface area contributed by atoms with Crippen molar-refractivity contribution in [1.29, 1.82) is 0 Å². The molecule has 0 aromatic heterocycles. The highest BCUT2D eigenvalue weighted by atomic mass is 16.5. The third-order valence-electron chi connectivity index (χ3n) is 6.99. The average Bonchev–Trinajstić information content (AvgIpc) is 3.30. The summed E-state index contributed by atoms with van der Waals surface area (Å²) in [5.74, 6) is 0.820. The van der Waals surface area contributed by atoms with Crippen LogP contribution in [0.2, 0.25) is 0 Å². The highest BCUT2D eigenvalue weighted by Crippen LogP contribution is 2.55. The maximum atomic E-state index is 13.4. The van der Waals surface area contributed by atoms with Gasteiger partial charge < -0.3 is 25.6 Å². The quantitative estimate of drug-likeness (QED) is 0.697. The molecule has 5 rings (SSSR count). The molecule has 7 nitrogen and oxygen atoms in total. The number of amides is 2. The van der Waals surface area contributed by atoms with E-state index in [4.69, 9.17) is 10.5 Å². The molecule has 162 valence electrons. The van der Waals surface area contributed by atoms with Gasteiger partial charge in [-0.25, -0.2) is 0 Å². The molecule has 2 aromatic carbocycles. The van der Waals surface area contributed by atoms with Crippen LogP contribution in [0.1, 0.15) is 30.4 Å². The lowest BCUT2D eigenvalue weighted by atomic mass is 9.72. The third kappa shape index (κ3) is 2.91. The van der Waals surface area contributed by atoms with Crippen molar-refractivity contribution in [1.82, 2.24) is 9.80 Å². The molecular formula is C24H28N4O3. The summed E-state index contributed by atoms with van der Waals surface area (Å²) < 4.78 is 5.35. The zero-order valence-corrected chi connectivity index (χ0v) is 17.7. The minimum atomic E-state index is -0.480. The second kappa shape index (κ2) is 7.57. The number of piperazine rings is 1. The number of hydrogen-bond acceptors (Lipinski definition) is 5. The lowest BCUT2D eigenvalue weighted by Gasteiger charge is -2.39. The second-order valence-corrected chi connectivity index (χ2v) is 8.57. The summed E-state index contributed by atoms with van der Waals surface area (Å²) in [7, 11) is 1.65. The first kappa shape index (κ1) is 19.9. The first-order chi connectivity index (χ1) is 15.1. The van der Waals surface area contributed by atoms with Gasteiger partial charge in [0, 0.05) is 12.2 Å². The van der Waals surface area contributed by atoms with Gasteiger partial charge in [-0.15, -0.1) is 0 Å². The molecule has 31 heavy (non-hydrogen) atoms. The van der Waals surface area contributed by atoms with Crippen LogP contribution in [-0.4, -0.2) is 60.6 Å². The van der Waals surface area contributed by atoms with Gasteiger partial charge in [0.1, 0.15) is 18.0 Å². The Morgan fingerprint density at radius 3 is 2.65 bits per heavy atom. The molecule has 3 aliphatic heterocycles. The third-order valence-corrected chi connectivity index (χ3v) is 6.99. The van der Waals surface area contributed by atoms with Gasteiger partial charge in [-0.05, 0) is 55.1 Å². The van der Waals surface area contributed by atoms with E-state index < -0.39 is 11.5 Å². The van der Waals surface area contributed by atoms with E-state index in [0.29, 0.717) is 19.5 Å². The van der Waals surface area contributed by atoms with Gasteiger partial charge in [-0.2, -0.15) is 0 Å². The van der Waals surface area contributed by atoms with Crippen molar-refractivity contribution in [3.05, 3.63) is 59.7 Å². The number of nitrogens with zero attached hydrogens (tertiary/aromatic N) is 2. The first-order valence-electron chi connectivity index (χ1n) is 10.9. The number of benzene rings is 2. The molecular weight excluding hydrogens is 392 g/mol. The number of nitrogens with two attached hydrogens (primary N) is 1. The standard InChI is InChI=1S/C24H28N4O3/c1-31-17-10-8-16(9-11-17)24-14-20-22(30)27(13-5-4-12-25)15-21(29)28(20)23(24)26-19-7-3-2-6-18(19)24/h2-3,6-11,20,23,26H,4-5,12-15,25H2,1H3/t20?,23-,24+/m1/s1. The topological polar surface area (TPSA) is 87.9 Å². The van der Waals surface area contributed by atoms with Crippen LogP contribution >= 0.6 is 0 Å². The molecule has 3 N–H and O–H groups in total. The monoisotopic (exact) mass is 420 g/mol. The number of carbonyl (C=O) groups is 2. The number of unbranched alkanes of at least 4 members (excludes halogenated alkanes) is 1. The zero-order valence-electron chi connectivity index (χ0n) is 17.7. The molecule has 0 aliphatic carbocycles. The highest BCUT2D eigenvalue weighted by Gasteiger charge is 2.63. The van der Waals surface area contributed by atoms with Crippen LogP contribution in [0.15, 0.2) is 48.5 Å². The van der Waals surface area contributed by atoms with Gasteiger partial charge in [0.25, 0.3) is 0 Å². The Kier molecular flexibility index (Phi) is 4.85. The number of anilines is 1. The number of methoxy groups -OCH3 is 1. The van der Waals surface area contributed by atoms with E-state index in [0.717, 1.165) is 35.4 Å². The summed E-state index contributed by atoms with van der Waals surface area (Å²) in [6.45, 7) is 1.30. The molecule has 2 aromatic rings. The van der Waals surface area contributed by atoms with Crippen molar-refractivity contribution < 1.29 is 14.3 Å². The average molecular weight is 421 g/mol. The fourth-order valence-corrected chi connectivity index (χ4v) is 5.54. The lowest BCUT2D eigenvalue weighted by Crippen LogP contribution is -2.60. The summed E-state index contributed by atoms with van der Waals surface area (Å²) in [6.07, 6.45) is 1.94. The van der Waals surface area contributed by atoms with E-state index in [9.17, 15) is 9.59 Å². The fourth-order valence-electron chi connectivity index (χ4n) is 5.54. The summed E-state index contributed by atoms with van der Waals surface area (Å²) in [5, 5.41) is 3.57. The van der Waals surface area contributed by atoms with Crippen molar-refractivity contribution in [3.8, 4) is 5.75 Å². The molecule has 2 amide bonds. The zero-order chi connectivity index (χ0) is 21.6. The summed E-state index contributed by atoms with van der Waals surface area (Å²) in [5.41, 5.74) is 8.36. The van der Waals surface area contributed by atoms with Gasteiger partial charge in [-0.1, -0.05) is 30.3 Å². The van der Waals surface area contributed by atoms with E-state index in [-0.39, 0.29) is 24.5 Å². The van der Waals surface area contributed by atoms with Crippen LogP contribution in [0.5, 0.6) is 5.75 Å². The molecule has 0 bridgehead atoms. The molecule has 0 radical (unpaired) electrons. The van der Waals surface area contributed by atoms with Crippen LogP contribution in [0.4, 0.5) is 5.69 Å². The number of rotatable bonds is 6. The molecule has 0 spiro atoms. The fraction of sp³-hybridized carbons (Fsp3) is 0.417. The molecule has 1 unspecified atom stereocenters. The van der Waals surface area contributed by atoms with Crippen molar-refractivity contribution in [2.45, 2.75) is 36.9 Å². The van der Waals surface area contributed by atoms with Crippen LogP contribution in [0, 0.1) is 0 Å². The van der Waals surface area contributed by atoms with E-state index >= 15 is 0 Å². The Morgan fingerprint density at radius 1 is 1.13 bits per heavy atom. The van der Waals surface area contributed by atoms with Crippen LogP contribution in [0.3, 0.4) is 0 Å². The summed E-state index contributed by atoms with van der Waals surface area (Å²) in [6, 6.07) is 15.7. The number of carbonyl (C=O) groups excluding carboxylic acids is 2. The lowest BCUT2D eigenvalue weighted by molar-refractivity contribution is -0.155. The Hall–Kier alpha value is -3.06. The molecule has 2 saturated heterocycles. The Morgan fingerprint density at radius 2 is 1.90 bits per heavy atom. The van der Waals surface area contributed by atoms with Crippen molar-refractivity contribution in [2.75, 3.05) is 32.1 Å². The van der Waals surface area contributed by atoms with E-state index in [1.807, 2.05) is 30.3 Å². The van der Waals surface area contributed by atoms with Gasteiger partial charge in [0.15, 0.2) is 0 Å². The van der Waals surface area contributed by atoms with Gasteiger partial charge in [-0.3, -0.25) is 9.59 Å². The molecule has 3 heterocycles. The molecule has 3 atom stereocenters. The van der Waals surface area contributed by atoms with E-state index in [2.05, 4.69) is 23.5 Å². The summed E-state index contributed by atoms with van der Waals surface area (Å²) in [4.78, 5) is 30.2. The molecule has 3 aliphatic rings. The highest BCUT2D eigenvalue weighted by molar-refractivity contribution is 5.97. The maximum Gasteiger partial charge on any atom is 0.245 e. The first-order valence-corrected chi connectivity index (χ1v) is 10.9. The SMILES string of the molecule is COc1ccc([C@]23CC4C(=O)N(CCCCN)CC(=O)N4[C@H]2Nc2ccccc23)cc1. The minimum absolute atomic E-state index is 0.00181. The van der Waals surface area contributed by atoms with Gasteiger partial charge in [0.2, 0.25) is 11.8 Å². The van der Waals surface area contributed by atoms with Crippen LogP contribution in [-0.2, 0) is 15.0 Å². The number of hydrogen-bond donors (Lipinski definition) is 2. The molecule has 2 fully saturated rings.